The standard InChI is InChI=1S/C13H22N4O3S/c1-16(2)8-9-17(21(3,19)20)11-13(18)15-10-12-6-4-5-7-14-12/h4-7H,8-11H2,1-3H3,(H,15,18). The van der Waals surface area contributed by atoms with Crippen molar-refractivity contribution in [3.8, 4) is 0 Å². The fourth-order valence-corrected chi connectivity index (χ4v) is 2.35. The predicted molar refractivity (Wildman–Crippen MR) is 81.1 cm³/mol. The van der Waals surface area contributed by atoms with Gasteiger partial charge in [-0.15, -0.1) is 0 Å². The second kappa shape index (κ2) is 8.06. The van der Waals surface area contributed by atoms with Crippen LogP contribution in [-0.2, 0) is 21.4 Å². The van der Waals surface area contributed by atoms with Crippen LogP contribution in [0, 0.1) is 0 Å². The van der Waals surface area contributed by atoms with Crippen LogP contribution in [-0.4, -0.2) is 68.5 Å². The highest BCUT2D eigenvalue weighted by Gasteiger charge is 2.19. The summed E-state index contributed by atoms with van der Waals surface area (Å²) >= 11 is 0. The summed E-state index contributed by atoms with van der Waals surface area (Å²) in [5.41, 5.74) is 0.727. The van der Waals surface area contributed by atoms with E-state index in [0.29, 0.717) is 6.54 Å². The Balaban J connectivity index is 2.52. The molecular formula is C13H22N4O3S. The molecule has 0 unspecified atom stereocenters. The molecule has 0 fully saturated rings. The molecule has 1 amide bonds. The van der Waals surface area contributed by atoms with Crippen molar-refractivity contribution in [2.75, 3.05) is 40.0 Å². The summed E-state index contributed by atoms with van der Waals surface area (Å²) in [5, 5.41) is 2.67. The molecule has 0 bridgehead atoms. The molecule has 1 N–H and O–H groups in total. The normalized spacial score (nSPS) is 11.9. The van der Waals surface area contributed by atoms with E-state index in [-0.39, 0.29) is 25.5 Å². The van der Waals surface area contributed by atoms with Gasteiger partial charge in [-0.2, -0.15) is 4.31 Å². The zero-order valence-corrected chi connectivity index (χ0v) is 13.4. The lowest BCUT2D eigenvalue weighted by atomic mass is 10.3. The number of aromatic nitrogens is 1. The SMILES string of the molecule is CN(C)CCN(CC(=O)NCc1ccccn1)S(C)(=O)=O. The second-order valence-corrected chi connectivity index (χ2v) is 6.98. The number of hydrogen-bond donors (Lipinski definition) is 1. The smallest absolute Gasteiger partial charge is 0.235 e. The van der Waals surface area contributed by atoms with E-state index in [1.165, 1.54) is 4.31 Å². The van der Waals surface area contributed by atoms with Gasteiger partial charge in [0, 0.05) is 19.3 Å². The van der Waals surface area contributed by atoms with Crippen molar-refractivity contribution in [2.24, 2.45) is 0 Å². The number of hydrogen-bond acceptors (Lipinski definition) is 5. The highest BCUT2D eigenvalue weighted by atomic mass is 32.2. The first-order valence-corrected chi connectivity index (χ1v) is 8.40. The molecule has 1 aromatic heterocycles. The molecule has 0 spiro atoms. The number of nitrogens with one attached hydrogen (secondary N) is 1. The Morgan fingerprint density at radius 1 is 1.29 bits per heavy atom. The Morgan fingerprint density at radius 3 is 2.52 bits per heavy atom. The third-order valence-corrected chi connectivity index (χ3v) is 4.03. The lowest BCUT2D eigenvalue weighted by molar-refractivity contribution is -0.121. The van der Waals surface area contributed by atoms with Crippen LogP contribution in [0.2, 0.25) is 0 Å². The van der Waals surface area contributed by atoms with E-state index >= 15 is 0 Å². The van der Waals surface area contributed by atoms with Crippen molar-refractivity contribution in [1.29, 1.82) is 0 Å². The fourth-order valence-electron chi connectivity index (χ4n) is 1.58. The zero-order valence-electron chi connectivity index (χ0n) is 12.6. The summed E-state index contributed by atoms with van der Waals surface area (Å²) in [6.07, 6.45) is 2.75. The molecule has 21 heavy (non-hydrogen) atoms. The maximum atomic E-state index is 11.9. The first-order valence-electron chi connectivity index (χ1n) is 6.55. The summed E-state index contributed by atoms with van der Waals surface area (Å²) < 4.78 is 24.5. The average molecular weight is 314 g/mol. The van der Waals surface area contributed by atoms with E-state index in [1.54, 1.807) is 18.3 Å². The minimum absolute atomic E-state index is 0.181. The highest BCUT2D eigenvalue weighted by Crippen LogP contribution is 1.98. The fraction of sp³-hybridized carbons (Fsp3) is 0.538. The van der Waals surface area contributed by atoms with Crippen LogP contribution in [0.25, 0.3) is 0 Å². The summed E-state index contributed by atoms with van der Waals surface area (Å²) in [6, 6.07) is 5.41. The van der Waals surface area contributed by atoms with Crippen molar-refractivity contribution in [2.45, 2.75) is 6.54 Å². The van der Waals surface area contributed by atoms with Gasteiger partial charge >= 0.3 is 0 Å². The van der Waals surface area contributed by atoms with Crippen LogP contribution < -0.4 is 5.32 Å². The van der Waals surface area contributed by atoms with Crippen molar-refractivity contribution < 1.29 is 13.2 Å². The van der Waals surface area contributed by atoms with Crippen molar-refractivity contribution in [1.82, 2.24) is 19.5 Å². The predicted octanol–water partition coefficient (Wildman–Crippen LogP) is -0.479. The van der Waals surface area contributed by atoms with Gasteiger partial charge < -0.3 is 10.2 Å². The molecule has 0 saturated heterocycles. The van der Waals surface area contributed by atoms with Crippen LogP contribution in [0.1, 0.15) is 5.69 Å². The third kappa shape index (κ3) is 7.16. The molecule has 8 heteroatoms. The van der Waals surface area contributed by atoms with Gasteiger partial charge in [-0.05, 0) is 26.2 Å². The van der Waals surface area contributed by atoms with Crippen molar-refractivity contribution >= 4 is 15.9 Å². The number of amides is 1. The first-order chi connectivity index (χ1) is 9.79. The van der Waals surface area contributed by atoms with Crippen molar-refractivity contribution in [3.05, 3.63) is 30.1 Å². The topological polar surface area (TPSA) is 82.6 Å². The van der Waals surface area contributed by atoms with Crippen LogP contribution in [0.5, 0.6) is 0 Å². The first kappa shape index (κ1) is 17.5. The van der Waals surface area contributed by atoms with E-state index in [1.807, 2.05) is 25.1 Å². The lowest BCUT2D eigenvalue weighted by Gasteiger charge is -2.21. The summed E-state index contributed by atoms with van der Waals surface area (Å²) in [4.78, 5) is 17.8. The monoisotopic (exact) mass is 314 g/mol. The minimum atomic E-state index is -3.41. The molecule has 0 atom stereocenters. The minimum Gasteiger partial charge on any atom is -0.349 e. The summed E-state index contributed by atoms with van der Waals surface area (Å²) in [7, 11) is 0.289. The maximum Gasteiger partial charge on any atom is 0.235 e. The molecule has 118 valence electrons. The van der Waals surface area contributed by atoms with Gasteiger partial charge in [-0.1, -0.05) is 6.07 Å². The molecule has 0 aliphatic heterocycles. The van der Waals surface area contributed by atoms with E-state index < -0.39 is 10.0 Å². The van der Waals surface area contributed by atoms with E-state index in [4.69, 9.17) is 0 Å². The van der Waals surface area contributed by atoms with E-state index in [9.17, 15) is 13.2 Å². The molecular weight excluding hydrogens is 292 g/mol. The number of likely N-dealkylation sites (N-methyl/N-ethyl adjacent to an activating group) is 1. The van der Waals surface area contributed by atoms with Gasteiger partial charge in [-0.3, -0.25) is 9.78 Å². The molecule has 0 aromatic carbocycles. The van der Waals surface area contributed by atoms with Crippen LogP contribution in [0.15, 0.2) is 24.4 Å². The Labute approximate surface area is 126 Å². The molecule has 0 aliphatic carbocycles. The molecule has 7 nitrogen and oxygen atoms in total. The van der Waals surface area contributed by atoms with Crippen LogP contribution >= 0.6 is 0 Å². The van der Waals surface area contributed by atoms with Gasteiger partial charge in [0.05, 0.1) is 25.0 Å². The number of carbonyl (C=O) groups excluding carboxylic acids is 1. The molecule has 0 aliphatic rings. The van der Waals surface area contributed by atoms with Gasteiger partial charge in [0.2, 0.25) is 15.9 Å². The number of pyridine rings is 1. The van der Waals surface area contributed by atoms with E-state index in [0.717, 1.165) is 11.9 Å². The summed E-state index contributed by atoms with van der Waals surface area (Å²) in [5.74, 6) is -0.343. The third-order valence-electron chi connectivity index (χ3n) is 2.78. The molecule has 1 rings (SSSR count). The zero-order chi connectivity index (χ0) is 15.9. The van der Waals surface area contributed by atoms with Crippen molar-refractivity contribution in [3.63, 3.8) is 0 Å². The number of rotatable bonds is 8. The van der Waals surface area contributed by atoms with Gasteiger partial charge in [0.25, 0.3) is 0 Å². The van der Waals surface area contributed by atoms with Crippen LogP contribution in [0.3, 0.4) is 0 Å². The number of nitrogens with zero attached hydrogens (tertiary/aromatic N) is 3. The highest BCUT2D eigenvalue weighted by molar-refractivity contribution is 7.88. The number of carbonyl (C=O) groups is 1. The van der Waals surface area contributed by atoms with E-state index in [2.05, 4.69) is 10.3 Å². The largest absolute Gasteiger partial charge is 0.349 e. The Bertz CT molecular complexity index is 546. The average Bonchev–Trinajstić information content (AvgIpc) is 2.41. The Hall–Kier alpha value is -1.51. The van der Waals surface area contributed by atoms with Gasteiger partial charge in [0.1, 0.15) is 0 Å². The summed E-state index contributed by atoms with van der Waals surface area (Å²) in [6.45, 7) is 0.938. The molecule has 1 heterocycles. The molecule has 1 aromatic rings. The molecule has 0 radical (unpaired) electrons. The Kier molecular flexibility index (Phi) is 6.73. The second-order valence-electron chi connectivity index (χ2n) is 5.00. The Morgan fingerprint density at radius 2 is 2.00 bits per heavy atom. The lowest BCUT2D eigenvalue weighted by Crippen LogP contribution is -2.42. The van der Waals surface area contributed by atoms with Gasteiger partial charge in [-0.25, -0.2) is 8.42 Å². The maximum absolute atomic E-state index is 11.9. The van der Waals surface area contributed by atoms with Gasteiger partial charge in [0.15, 0.2) is 0 Å². The number of sulfonamides is 1. The molecule has 0 saturated carbocycles. The quantitative estimate of drug-likeness (QED) is 0.701. The van der Waals surface area contributed by atoms with Crippen LogP contribution in [0.4, 0.5) is 0 Å².